The summed E-state index contributed by atoms with van der Waals surface area (Å²) < 4.78 is 0. The molecule has 5 nitrogen and oxygen atoms in total. The second-order valence-electron chi connectivity index (χ2n) is 6.18. The molecule has 2 aromatic rings. The molecule has 1 heterocycles. The molecule has 1 amide bonds. The standard InChI is InChI=1S/C17H22N4O/c1-5-12-6-8-13(9-7-12)18-16(22)14-10-11-15(21-20-14)19-17(2,3)4/h6-11H,5H2,1-4H3,(H,18,22)(H,19,21). The molecule has 22 heavy (non-hydrogen) atoms. The molecule has 2 N–H and O–H groups in total. The molecule has 0 aliphatic heterocycles. The fraction of sp³-hybridized carbons (Fsp3) is 0.353. The van der Waals surface area contributed by atoms with Gasteiger partial charge in [0, 0.05) is 11.2 Å². The summed E-state index contributed by atoms with van der Waals surface area (Å²) in [6, 6.07) is 11.2. The van der Waals surface area contributed by atoms with Gasteiger partial charge in [-0.2, -0.15) is 0 Å². The van der Waals surface area contributed by atoms with E-state index in [0.717, 1.165) is 12.1 Å². The number of rotatable bonds is 4. The van der Waals surface area contributed by atoms with Gasteiger partial charge in [0.05, 0.1) is 0 Å². The number of nitrogens with zero attached hydrogens (tertiary/aromatic N) is 2. The van der Waals surface area contributed by atoms with Crippen LogP contribution < -0.4 is 10.6 Å². The van der Waals surface area contributed by atoms with Gasteiger partial charge in [0.25, 0.3) is 5.91 Å². The van der Waals surface area contributed by atoms with Crippen molar-refractivity contribution < 1.29 is 4.79 Å². The summed E-state index contributed by atoms with van der Waals surface area (Å²) in [4.78, 5) is 12.1. The van der Waals surface area contributed by atoms with E-state index in [-0.39, 0.29) is 11.4 Å². The molecular weight excluding hydrogens is 276 g/mol. The lowest BCUT2D eigenvalue weighted by molar-refractivity contribution is 0.102. The first-order chi connectivity index (χ1) is 10.4. The molecule has 1 aromatic heterocycles. The number of carbonyl (C=O) groups excluding carboxylic acids is 1. The Morgan fingerprint density at radius 1 is 1.05 bits per heavy atom. The van der Waals surface area contributed by atoms with E-state index in [1.54, 1.807) is 12.1 Å². The van der Waals surface area contributed by atoms with Crippen LogP contribution in [0, 0.1) is 0 Å². The maximum absolute atomic E-state index is 12.1. The largest absolute Gasteiger partial charge is 0.364 e. The van der Waals surface area contributed by atoms with Gasteiger partial charge in [-0.25, -0.2) is 0 Å². The highest BCUT2D eigenvalue weighted by molar-refractivity contribution is 6.02. The number of carbonyl (C=O) groups is 1. The van der Waals surface area contributed by atoms with Crippen LogP contribution in [0.3, 0.4) is 0 Å². The summed E-state index contributed by atoms with van der Waals surface area (Å²) >= 11 is 0. The molecule has 0 unspecified atom stereocenters. The molecule has 0 aliphatic carbocycles. The van der Waals surface area contributed by atoms with Crippen LogP contribution in [0.1, 0.15) is 43.7 Å². The van der Waals surface area contributed by atoms with Gasteiger partial charge in [-0.3, -0.25) is 4.79 Å². The van der Waals surface area contributed by atoms with Crippen LogP contribution >= 0.6 is 0 Å². The molecule has 0 radical (unpaired) electrons. The molecule has 5 heteroatoms. The highest BCUT2D eigenvalue weighted by atomic mass is 16.1. The first-order valence-corrected chi connectivity index (χ1v) is 7.39. The third kappa shape index (κ3) is 4.55. The molecule has 0 saturated heterocycles. The molecule has 1 aromatic carbocycles. The van der Waals surface area contributed by atoms with E-state index in [1.807, 2.05) is 45.0 Å². The lowest BCUT2D eigenvalue weighted by Crippen LogP contribution is -2.27. The van der Waals surface area contributed by atoms with E-state index in [9.17, 15) is 4.79 Å². The minimum atomic E-state index is -0.265. The van der Waals surface area contributed by atoms with Gasteiger partial charge in [-0.1, -0.05) is 19.1 Å². The van der Waals surface area contributed by atoms with E-state index in [4.69, 9.17) is 0 Å². The van der Waals surface area contributed by atoms with Gasteiger partial charge in [-0.05, 0) is 57.0 Å². The van der Waals surface area contributed by atoms with E-state index in [2.05, 4.69) is 27.8 Å². The Morgan fingerprint density at radius 2 is 1.73 bits per heavy atom. The van der Waals surface area contributed by atoms with Gasteiger partial charge in [0.1, 0.15) is 5.82 Å². The predicted molar refractivity (Wildman–Crippen MR) is 89.2 cm³/mol. The van der Waals surface area contributed by atoms with E-state index < -0.39 is 0 Å². The second-order valence-corrected chi connectivity index (χ2v) is 6.18. The summed E-state index contributed by atoms with van der Waals surface area (Å²) in [6.45, 7) is 8.20. The van der Waals surface area contributed by atoms with Crippen LogP contribution in [-0.2, 0) is 6.42 Å². The molecule has 116 valence electrons. The van der Waals surface area contributed by atoms with Crippen molar-refractivity contribution in [3.05, 3.63) is 47.7 Å². The fourth-order valence-corrected chi connectivity index (χ4v) is 1.92. The highest BCUT2D eigenvalue weighted by Crippen LogP contribution is 2.13. The van der Waals surface area contributed by atoms with Crippen molar-refractivity contribution in [1.29, 1.82) is 0 Å². The number of hydrogen-bond acceptors (Lipinski definition) is 4. The third-order valence-corrected chi connectivity index (χ3v) is 3.02. The zero-order valence-electron chi connectivity index (χ0n) is 13.5. The van der Waals surface area contributed by atoms with Crippen LogP contribution in [-0.4, -0.2) is 21.6 Å². The molecular formula is C17H22N4O. The molecule has 0 saturated carbocycles. The molecule has 0 fully saturated rings. The third-order valence-electron chi connectivity index (χ3n) is 3.02. The quantitative estimate of drug-likeness (QED) is 0.906. The molecule has 0 atom stereocenters. The maximum atomic E-state index is 12.1. The number of hydrogen-bond donors (Lipinski definition) is 2. The summed E-state index contributed by atoms with van der Waals surface area (Å²) in [5.41, 5.74) is 2.18. The van der Waals surface area contributed by atoms with Crippen LogP contribution in [0.4, 0.5) is 11.5 Å². The van der Waals surface area contributed by atoms with Crippen LogP contribution in [0.2, 0.25) is 0 Å². The van der Waals surface area contributed by atoms with E-state index in [1.165, 1.54) is 5.56 Å². The van der Waals surface area contributed by atoms with Gasteiger partial charge in [-0.15, -0.1) is 10.2 Å². The molecule has 0 spiro atoms. The highest BCUT2D eigenvalue weighted by Gasteiger charge is 2.12. The lowest BCUT2D eigenvalue weighted by Gasteiger charge is -2.20. The lowest BCUT2D eigenvalue weighted by atomic mass is 10.1. The Kier molecular flexibility index (Phi) is 4.75. The molecule has 2 rings (SSSR count). The number of nitrogens with one attached hydrogen (secondary N) is 2. The zero-order valence-corrected chi connectivity index (χ0v) is 13.5. The van der Waals surface area contributed by atoms with Crippen LogP contribution in [0.25, 0.3) is 0 Å². The topological polar surface area (TPSA) is 66.9 Å². The Bertz CT molecular complexity index is 627. The summed E-state index contributed by atoms with van der Waals surface area (Å²) in [5.74, 6) is 0.385. The number of aryl methyl sites for hydroxylation is 1. The Balaban J connectivity index is 2.03. The summed E-state index contributed by atoms with van der Waals surface area (Å²) in [6.07, 6.45) is 0.974. The first kappa shape index (κ1) is 15.9. The van der Waals surface area contributed by atoms with Gasteiger partial charge in [0.2, 0.25) is 0 Å². The zero-order chi connectivity index (χ0) is 16.2. The smallest absolute Gasteiger partial charge is 0.276 e. The minimum absolute atomic E-state index is 0.0977. The molecule has 0 bridgehead atoms. The number of benzene rings is 1. The Morgan fingerprint density at radius 3 is 2.23 bits per heavy atom. The van der Waals surface area contributed by atoms with E-state index in [0.29, 0.717) is 11.5 Å². The summed E-state index contributed by atoms with van der Waals surface area (Å²) in [5, 5.41) is 14.0. The van der Waals surface area contributed by atoms with Crippen molar-refractivity contribution >= 4 is 17.4 Å². The average Bonchev–Trinajstić information content (AvgIpc) is 2.47. The number of aromatic nitrogens is 2. The second kappa shape index (κ2) is 6.56. The van der Waals surface area contributed by atoms with Gasteiger partial charge >= 0.3 is 0 Å². The van der Waals surface area contributed by atoms with Gasteiger partial charge < -0.3 is 10.6 Å². The SMILES string of the molecule is CCc1ccc(NC(=O)c2ccc(NC(C)(C)C)nn2)cc1. The number of anilines is 2. The van der Waals surface area contributed by atoms with Crippen molar-refractivity contribution in [2.24, 2.45) is 0 Å². The Hall–Kier alpha value is -2.43. The van der Waals surface area contributed by atoms with Gasteiger partial charge in [0.15, 0.2) is 5.69 Å². The maximum Gasteiger partial charge on any atom is 0.276 e. The predicted octanol–water partition coefficient (Wildman–Crippen LogP) is 3.50. The number of amides is 1. The average molecular weight is 298 g/mol. The van der Waals surface area contributed by atoms with Crippen molar-refractivity contribution in [2.45, 2.75) is 39.7 Å². The monoisotopic (exact) mass is 298 g/mol. The van der Waals surface area contributed by atoms with Crippen molar-refractivity contribution in [2.75, 3.05) is 10.6 Å². The van der Waals surface area contributed by atoms with Crippen molar-refractivity contribution in [3.8, 4) is 0 Å². The van der Waals surface area contributed by atoms with E-state index >= 15 is 0 Å². The fourth-order valence-electron chi connectivity index (χ4n) is 1.92. The first-order valence-electron chi connectivity index (χ1n) is 7.39. The Labute approximate surface area is 131 Å². The van der Waals surface area contributed by atoms with Crippen LogP contribution in [0.5, 0.6) is 0 Å². The normalized spacial score (nSPS) is 11.1. The minimum Gasteiger partial charge on any atom is -0.364 e. The van der Waals surface area contributed by atoms with Crippen molar-refractivity contribution in [1.82, 2.24) is 10.2 Å². The summed E-state index contributed by atoms with van der Waals surface area (Å²) in [7, 11) is 0. The van der Waals surface area contributed by atoms with Crippen molar-refractivity contribution in [3.63, 3.8) is 0 Å². The molecule has 0 aliphatic rings. The van der Waals surface area contributed by atoms with Crippen LogP contribution in [0.15, 0.2) is 36.4 Å².